The summed E-state index contributed by atoms with van der Waals surface area (Å²) in [6, 6.07) is 0.811. The van der Waals surface area contributed by atoms with Crippen LogP contribution in [-0.4, -0.2) is 24.1 Å². The van der Waals surface area contributed by atoms with E-state index in [1.807, 2.05) is 11.8 Å². The minimum atomic E-state index is 0.486. The van der Waals surface area contributed by atoms with Gasteiger partial charge in [-0.25, -0.2) is 0 Å². The fraction of sp³-hybridized carbons (Fsp3) is 1.00. The van der Waals surface area contributed by atoms with E-state index < -0.39 is 0 Å². The van der Waals surface area contributed by atoms with Crippen molar-refractivity contribution in [2.45, 2.75) is 33.2 Å². The Balaban J connectivity index is 2.09. The maximum absolute atomic E-state index is 3.59. The molecule has 66 valence electrons. The van der Waals surface area contributed by atoms with Gasteiger partial charge in [-0.2, -0.15) is 11.8 Å². The van der Waals surface area contributed by atoms with Crippen LogP contribution >= 0.6 is 11.8 Å². The second-order valence-corrected chi connectivity index (χ2v) is 5.21. The molecule has 1 N–H and O–H groups in total. The molecule has 1 rings (SSSR count). The topological polar surface area (TPSA) is 12.0 Å². The maximum atomic E-state index is 3.59. The molecule has 2 heteroatoms. The molecular weight excluding hydrogens is 154 g/mol. The first-order chi connectivity index (χ1) is 5.14. The number of hydrogen-bond donors (Lipinski definition) is 1. The minimum absolute atomic E-state index is 0.486. The molecule has 0 amide bonds. The summed E-state index contributed by atoms with van der Waals surface area (Å²) in [5.41, 5.74) is 0.486. The first kappa shape index (κ1) is 9.40. The zero-order valence-corrected chi connectivity index (χ0v) is 8.63. The predicted molar refractivity (Wildman–Crippen MR) is 53.2 cm³/mol. The Bertz CT molecular complexity index is 119. The largest absolute Gasteiger partial charge is 0.312 e. The van der Waals surface area contributed by atoms with Crippen molar-refractivity contribution in [2.24, 2.45) is 5.41 Å². The van der Waals surface area contributed by atoms with Crippen molar-refractivity contribution >= 4 is 11.8 Å². The Labute approximate surface area is 74.3 Å². The lowest BCUT2D eigenvalue weighted by molar-refractivity contribution is 0.316. The van der Waals surface area contributed by atoms with Crippen molar-refractivity contribution in [1.29, 1.82) is 0 Å². The summed E-state index contributed by atoms with van der Waals surface area (Å²) >= 11 is 2.04. The van der Waals surface area contributed by atoms with Crippen molar-refractivity contribution in [3.63, 3.8) is 0 Å². The zero-order valence-electron chi connectivity index (χ0n) is 7.81. The van der Waals surface area contributed by atoms with E-state index in [1.54, 1.807) is 0 Å². The smallest absolute Gasteiger partial charge is 0.0249 e. The lowest BCUT2D eigenvalue weighted by Gasteiger charge is -2.31. The lowest BCUT2D eigenvalue weighted by atomic mass is 9.90. The van der Waals surface area contributed by atoms with E-state index in [9.17, 15) is 0 Å². The third-order valence-corrected chi connectivity index (χ3v) is 3.74. The normalized spacial score (nSPS) is 19.9. The molecule has 0 bridgehead atoms. The van der Waals surface area contributed by atoms with Crippen molar-refractivity contribution < 1.29 is 0 Å². The molecule has 1 aliphatic rings. The number of hydrogen-bond acceptors (Lipinski definition) is 2. The minimum Gasteiger partial charge on any atom is -0.312 e. The molecule has 1 heterocycles. The van der Waals surface area contributed by atoms with Crippen LogP contribution < -0.4 is 5.32 Å². The molecule has 0 atom stereocenters. The molecule has 1 fully saturated rings. The van der Waals surface area contributed by atoms with Gasteiger partial charge in [0.05, 0.1) is 0 Å². The van der Waals surface area contributed by atoms with Crippen LogP contribution in [0.2, 0.25) is 0 Å². The maximum Gasteiger partial charge on any atom is 0.0249 e. The summed E-state index contributed by atoms with van der Waals surface area (Å²) in [4.78, 5) is 0. The molecule has 0 saturated carbocycles. The molecule has 0 aromatic heterocycles. The molecule has 1 nitrogen and oxygen atoms in total. The summed E-state index contributed by atoms with van der Waals surface area (Å²) in [5, 5.41) is 3.59. The molecule has 0 unspecified atom stereocenters. The third kappa shape index (κ3) is 3.04. The quantitative estimate of drug-likeness (QED) is 0.699. The highest BCUT2D eigenvalue weighted by Gasteiger charge is 2.21. The van der Waals surface area contributed by atoms with Gasteiger partial charge >= 0.3 is 0 Å². The first-order valence-corrected chi connectivity index (χ1v) is 5.60. The van der Waals surface area contributed by atoms with E-state index in [-0.39, 0.29) is 0 Å². The van der Waals surface area contributed by atoms with E-state index in [2.05, 4.69) is 26.1 Å². The molecule has 0 aliphatic carbocycles. The van der Waals surface area contributed by atoms with E-state index in [1.165, 1.54) is 24.5 Å². The van der Waals surface area contributed by atoms with Gasteiger partial charge in [-0.05, 0) is 11.8 Å². The average molecular weight is 173 g/mol. The molecular formula is C9H19NS. The van der Waals surface area contributed by atoms with Gasteiger partial charge in [-0.3, -0.25) is 0 Å². The summed E-state index contributed by atoms with van der Waals surface area (Å²) < 4.78 is 0. The van der Waals surface area contributed by atoms with Crippen LogP contribution in [0.15, 0.2) is 0 Å². The molecule has 1 aliphatic heterocycles. The fourth-order valence-corrected chi connectivity index (χ4v) is 1.61. The van der Waals surface area contributed by atoms with Crippen LogP contribution in [0.3, 0.4) is 0 Å². The summed E-state index contributed by atoms with van der Waals surface area (Å²) in [6.45, 7) is 8.09. The van der Waals surface area contributed by atoms with E-state index in [0.29, 0.717) is 5.41 Å². The highest BCUT2D eigenvalue weighted by molar-refractivity contribution is 8.00. The summed E-state index contributed by atoms with van der Waals surface area (Å²) in [5.74, 6) is 2.64. The Morgan fingerprint density at radius 1 is 1.45 bits per heavy atom. The van der Waals surface area contributed by atoms with Crippen LogP contribution in [0.1, 0.15) is 27.2 Å². The Hall–Kier alpha value is 0.310. The predicted octanol–water partition coefficient (Wildman–Crippen LogP) is 2.13. The Morgan fingerprint density at radius 3 is 2.45 bits per heavy atom. The monoisotopic (exact) mass is 173 g/mol. The van der Waals surface area contributed by atoms with E-state index in [0.717, 1.165) is 6.04 Å². The van der Waals surface area contributed by atoms with Gasteiger partial charge in [0.2, 0.25) is 0 Å². The second-order valence-electron chi connectivity index (χ2n) is 4.13. The van der Waals surface area contributed by atoms with Gasteiger partial charge in [-0.15, -0.1) is 0 Å². The summed E-state index contributed by atoms with van der Waals surface area (Å²) in [6.07, 6.45) is 1.26. The van der Waals surface area contributed by atoms with Crippen molar-refractivity contribution in [3.05, 3.63) is 0 Å². The van der Waals surface area contributed by atoms with Gasteiger partial charge in [-0.1, -0.05) is 20.8 Å². The summed E-state index contributed by atoms with van der Waals surface area (Å²) in [7, 11) is 0. The highest BCUT2D eigenvalue weighted by atomic mass is 32.2. The highest BCUT2D eigenvalue weighted by Crippen LogP contribution is 2.21. The molecule has 11 heavy (non-hydrogen) atoms. The number of nitrogens with one attached hydrogen (secondary N) is 1. The van der Waals surface area contributed by atoms with Crippen LogP contribution in [0.25, 0.3) is 0 Å². The Kier molecular flexibility index (Phi) is 3.26. The molecule has 0 radical (unpaired) electrons. The average Bonchev–Trinajstić information content (AvgIpc) is 1.84. The van der Waals surface area contributed by atoms with E-state index >= 15 is 0 Å². The standard InChI is InChI=1S/C9H19NS/c1-4-9(2,3)7-10-8-5-11-6-8/h8,10H,4-7H2,1-3H3. The second kappa shape index (κ2) is 3.81. The van der Waals surface area contributed by atoms with E-state index in [4.69, 9.17) is 0 Å². The molecule has 0 spiro atoms. The third-order valence-electron chi connectivity index (χ3n) is 2.46. The van der Waals surface area contributed by atoms with Crippen molar-refractivity contribution in [3.8, 4) is 0 Å². The molecule has 0 aromatic carbocycles. The van der Waals surface area contributed by atoms with Crippen LogP contribution in [-0.2, 0) is 0 Å². The van der Waals surface area contributed by atoms with Crippen LogP contribution in [0.4, 0.5) is 0 Å². The van der Waals surface area contributed by atoms with Gasteiger partial charge in [0.25, 0.3) is 0 Å². The van der Waals surface area contributed by atoms with Gasteiger partial charge in [0, 0.05) is 24.1 Å². The van der Waals surface area contributed by atoms with Crippen molar-refractivity contribution in [1.82, 2.24) is 5.32 Å². The fourth-order valence-electron chi connectivity index (χ4n) is 0.899. The van der Waals surface area contributed by atoms with Gasteiger partial charge in [0.15, 0.2) is 0 Å². The molecule has 0 aromatic rings. The number of rotatable bonds is 4. The van der Waals surface area contributed by atoms with Crippen LogP contribution in [0, 0.1) is 5.41 Å². The van der Waals surface area contributed by atoms with Gasteiger partial charge < -0.3 is 5.32 Å². The molecule has 1 saturated heterocycles. The van der Waals surface area contributed by atoms with Crippen molar-refractivity contribution in [2.75, 3.05) is 18.1 Å². The first-order valence-electron chi connectivity index (χ1n) is 4.45. The SMILES string of the molecule is CCC(C)(C)CNC1CSC1. The Morgan fingerprint density at radius 2 is 2.09 bits per heavy atom. The van der Waals surface area contributed by atoms with Gasteiger partial charge in [0.1, 0.15) is 0 Å². The van der Waals surface area contributed by atoms with Crippen LogP contribution in [0.5, 0.6) is 0 Å². The lowest BCUT2D eigenvalue weighted by Crippen LogP contribution is -2.44. The zero-order chi connectivity index (χ0) is 8.32. The number of thioether (sulfide) groups is 1.